The van der Waals surface area contributed by atoms with Gasteiger partial charge in [-0.1, -0.05) is 6.07 Å². The van der Waals surface area contributed by atoms with E-state index >= 15 is 0 Å². The van der Waals surface area contributed by atoms with E-state index in [4.69, 9.17) is 9.47 Å². The summed E-state index contributed by atoms with van der Waals surface area (Å²) < 4.78 is 10.5. The molecule has 0 unspecified atom stereocenters. The molecule has 1 aromatic carbocycles. The third kappa shape index (κ3) is 4.34. The SMILES string of the molecule is COc1cccc(OCC(=O)Nc2cnc(N(C)C)nc2)c1. The zero-order chi connectivity index (χ0) is 15.9. The first-order valence-electron chi connectivity index (χ1n) is 6.64. The van der Waals surface area contributed by atoms with Gasteiger partial charge in [0.15, 0.2) is 6.61 Å². The van der Waals surface area contributed by atoms with E-state index in [1.54, 1.807) is 48.7 Å². The molecule has 2 aromatic rings. The van der Waals surface area contributed by atoms with Gasteiger partial charge < -0.3 is 19.7 Å². The van der Waals surface area contributed by atoms with Gasteiger partial charge in [0.25, 0.3) is 5.91 Å². The molecular weight excluding hydrogens is 284 g/mol. The van der Waals surface area contributed by atoms with Crippen molar-refractivity contribution >= 4 is 17.5 Å². The number of hydrogen-bond acceptors (Lipinski definition) is 6. The minimum Gasteiger partial charge on any atom is -0.497 e. The van der Waals surface area contributed by atoms with Crippen molar-refractivity contribution in [2.24, 2.45) is 0 Å². The van der Waals surface area contributed by atoms with E-state index in [0.717, 1.165) is 0 Å². The first-order valence-corrected chi connectivity index (χ1v) is 6.64. The molecule has 0 radical (unpaired) electrons. The summed E-state index contributed by atoms with van der Waals surface area (Å²) in [7, 11) is 5.26. The lowest BCUT2D eigenvalue weighted by molar-refractivity contribution is -0.118. The smallest absolute Gasteiger partial charge is 0.262 e. The van der Waals surface area contributed by atoms with Gasteiger partial charge >= 0.3 is 0 Å². The standard InChI is InChI=1S/C15H18N4O3/c1-19(2)15-16-8-11(9-17-15)18-14(20)10-22-13-6-4-5-12(7-13)21-3/h4-9H,10H2,1-3H3,(H,18,20). The highest BCUT2D eigenvalue weighted by Crippen LogP contribution is 2.18. The number of amides is 1. The van der Waals surface area contributed by atoms with Gasteiger partial charge in [0.1, 0.15) is 11.5 Å². The molecule has 1 aromatic heterocycles. The quantitative estimate of drug-likeness (QED) is 0.873. The molecular formula is C15H18N4O3. The molecule has 0 aliphatic carbocycles. The minimum absolute atomic E-state index is 0.109. The van der Waals surface area contributed by atoms with Crippen molar-refractivity contribution in [1.82, 2.24) is 9.97 Å². The van der Waals surface area contributed by atoms with E-state index in [-0.39, 0.29) is 12.5 Å². The van der Waals surface area contributed by atoms with Crippen LogP contribution in [0.2, 0.25) is 0 Å². The van der Waals surface area contributed by atoms with Crippen molar-refractivity contribution in [2.75, 3.05) is 38.0 Å². The van der Waals surface area contributed by atoms with Crippen LogP contribution in [0, 0.1) is 0 Å². The summed E-state index contributed by atoms with van der Waals surface area (Å²) in [6, 6.07) is 7.06. The summed E-state index contributed by atoms with van der Waals surface area (Å²) in [5.41, 5.74) is 0.518. The third-order valence-corrected chi connectivity index (χ3v) is 2.73. The maximum atomic E-state index is 11.8. The van der Waals surface area contributed by atoms with Crippen LogP contribution in [-0.4, -0.2) is 43.7 Å². The van der Waals surface area contributed by atoms with Crippen molar-refractivity contribution in [2.45, 2.75) is 0 Å². The molecule has 7 nitrogen and oxygen atoms in total. The molecule has 0 fully saturated rings. The van der Waals surface area contributed by atoms with Gasteiger partial charge in [0.05, 0.1) is 25.2 Å². The Kier molecular flexibility index (Phi) is 5.13. The van der Waals surface area contributed by atoms with Crippen LogP contribution in [0.5, 0.6) is 11.5 Å². The summed E-state index contributed by atoms with van der Waals surface area (Å²) in [6.45, 7) is -0.109. The number of anilines is 2. The van der Waals surface area contributed by atoms with Crippen molar-refractivity contribution < 1.29 is 14.3 Å². The molecule has 1 N–H and O–H groups in total. The largest absolute Gasteiger partial charge is 0.497 e. The first kappa shape index (κ1) is 15.6. The predicted octanol–water partition coefficient (Wildman–Crippen LogP) is 1.57. The van der Waals surface area contributed by atoms with E-state index in [1.165, 1.54) is 0 Å². The highest BCUT2D eigenvalue weighted by atomic mass is 16.5. The highest BCUT2D eigenvalue weighted by molar-refractivity contribution is 5.91. The average molecular weight is 302 g/mol. The topological polar surface area (TPSA) is 76.6 Å². The molecule has 0 saturated heterocycles. The molecule has 2 rings (SSSR count). The van der Waals surface area contributed by atoms with Crippen LogP contribution in [0.3, 0.4) is 0 Å². The Labute approximate surface area is 128 Å². The number of carbonyl (C=O) groups excluding carboxylic acids is 1. The fourth-order valence-corrected chi connectivity index (χ4v) is 1.65. The average Bonchev–Trinajstić information content (AvgIpc) is 2.53. The summed E-state index contributed by atoms with van der Waals surface area (Å²) in [6.07, 6.45) is 3.09. The number of ether oxygens (including phenoxy) is 2. The molecule has 7 heteroatoms. The summed E-state index contributed by atoms with van der Waals surface area (Å²) in [4.78, 5) is 21.8. The zero-order valence-electron chi connectivity index (χ0n) is 12.7. The molecule has 0 spiro atoms. The van der Waals surface area contributed by atoms with Crippen molar-refractivity contribution in [3.8, 4) is 11.5 Å². The van der Waals surface area contributed by atoms with Crippen molar-refractivity contribution in [1.29, 1.82) is 0 Å². The van der Waals surface area contributed by atoms with Gasteiger partial charge in [-0.15, -0.1) is 0 Å². The Hall–Kier alpha value is -2.83. The third-order valence-electron chi connectivity index (χ3n) is 2.73. The molecule has 1 heterocycles. The molecule has 22 heavy (non-hydrogen) atoms. The summed E-state index contributed by atoms with van der Waals surface area (Å²) in [5, 5.41) is 2.67. The maximum Gasteiger partial charge on any atom is 0.262 e. The van der Waals surface area contributed by atoms with E-state index in [0.29, 0.717) is 23.1 Å². The van der Waals surface area contributed by atoms with E-state index < -0.39 is 0 Å². The lowest BCUT2D eigenvalue weighted by Crippen LogP contribution is -2.20. The number of benzene rings is 1. The molecule has 1 amide bonds. The normalized spacial score (nSPS) is 9.95. The predicted molar refractivity (Wildman–Crippen MR) is 83.5 cm³/mol. The molecule has 116 valence electrons. The van der Waals surface area contributed by atoms with Crippen molar-refractivity contribution in [3.63, 3.8) is 0 Å². The van der Waals surface area contributed by atoms with Crippen LogP contribution in [0.4, 0.5) is 11.6 Å². The number of methoxy groups -OCH3 is 1. The first-order chi connectivity index (χ1) is 10.6. The zero-order valence-corrected chi connectivity index (χ0v) is 12.7. The number of nitrogens with one attached hydrogen (secondary N) is 1. The second-order valence-electron chi connectivity index (χ2n) is 4.68. The highest BCUT2D eigenvalue weighted by Gasteiger charge is 2.06. The number of rotatable bonds is 6. The number of carbonyl (C=O) groups is 1. The van der Waals surface area contributed by atoms with Gasteiger partial charge in [-0.3, -0.25) is 4.79 Å². The Morgan fingerprint density at radius 2 is 1.91 bits per heavy atom. The van der Waals surface area contributed by atoms with Crippen LogP contribution in [-0.2, 0) is 4.79 Å². The minimum atomic E-state index is -0.288. The molecule has 0 bridgehead atoms. The van der Waals surface area contributed by atoms with Gasteiger partial charge in [0, 0.05) is 20.2 Å². The number of hydrogen-bond donors (Lipinski definition) is 1. The maximum absolute atomic E-state index is 11.8. The van der Waals surface area contributed by atoms with Gasteiger partial charge in [-0.05, 0) is 12.1 Å². The van der Waals surface area contributed by atoms with Gasteiger partial charge in [-0.25, -0.2) is 9.97 Å². The van der Waals surface area contributed by atoms with Gasteiger partial charge in [0.2, 0.25) is 5.95 Å². The summed E-state index contributed by atoms with van der Waals surface area (Å²) in [5.74, 6) is 1.52. The molecule has 0 atom stereocenters. The second kappa shape index (κ2) is 7.26. The Balaban J connectivity index is 1.87. The number of aromatic nitrogens is 2. The lowest BCUT2D eigenvalue weighted by atomic mass is 10.3. The summed E-state index contributed by atoms with van der Waals surface area (Å²) >= 11 is 0. The van der Waals surface area contributed by atoms with Crippen molar-refractivity contribution in [3.05, 3.63) is 36.7 Å². The van der Waals surface area contributed by atoms with E-state index in [2.05, 4.69) is 15.3 Å². The van der Waals surface area contributed by atoms with Crippen LogP contribution < -0.4 is 19.7 Å². The number of nitrogens with zero attached hydrogens (tertiary/aromatic N) is 3. The lowest BCUT2D eigenvalue weighted by Gasteiger charge is -2.11. The van der Waals surface area contributed by atoms with Crippen LogP contribution in [0.25, 0.3) is 0 Å². The van der Waals surface area contributed by atoms with Crippen LogP contribution >= 0.6 is 0 Å². The van der Waals surface area contributed by atoms with E-state index in [9.17, 15) is 4.79 Å². The molecule has 0 saturated carbocycles. The Morgan fingerprint density at radius 1 is 1.23 bits per heavy atom. The molecule has 0 aliphatic rings. The fraction of sp³-hybridized carbons (Fsp3) is 0.267. The Bertz CT molecular complexity index is 629. The Morgan fingerprint density at radius 3 is 2.55 bits per heavy atom. The monoisotopic (exact) mass is 302 g/mol. The van der Waals surface area contributed by atoms with E-state index in [1.807, 2.05) is 14.1 Å². The molecule has 0 aliphatic heterocycles. The van der Waals surface area contributed by atoms with Gasteiger partial charge in [-0.2, -0.15) is 0 Å². The second-order valence-corrected chi connectivity index (χ2v) is 4.68. The van der Waals surface area contributed by atoms with Crippen LogP contribution in [0.1, 0.15) is 0 Å². The fourth-order valence-electron chi connectivity index (χ4n) is 1.65. The van der Waals surface area contributed by atoms with Crippen LogP contribution in [0.15, 0.2) is 36.7 Å².